The van der Waals surface area contributed by atoms with Crippen LogP contribution in [0.5, 0.6) is 0 Å². The lowest BCUT2D eigenvalue weighted by Crippen LogP contribution is -2.46. The van der Waals surface area contributed by atoms with Gasteiger partial charge in [-0.1, -0.05) is 12.1 Å². The Morgan fingerprint density at radius 3 is 2.20 bits per heavy atom. The Balaban J connectivity index is 1.64. The third-order valence-electron chi connectivity index (χ3n) is 4.75. The molecule has 0 aromatic heterocycles. The normalized spacial score (nSPS) is 21.3. The average Bonchev–Trinajstić information content (AvgIpc) is 2.64. The van der Waals surface area contributed by atoms with Crippen molar-refractivity contribution in [2.24, 2.45) is 0 Å². The first-order valence-corrected chi connectivity index (χ1v) is 10.0. The fourth-order valence-electron chi connectivity index (χ4n) is 3.05. The number of Topliss-reactive ketones (excluding diaryl/α,β-unsaturated/α-hetero) is 1. The summed E-state index contributed by atoms with van der Waals surface area (Å²) in [5.74, 6) is 0.0277. The van der Waals surface area contributed by atoms with Gasteiger partial charge in [-0.2, -0.15) is 4.31 Å². The van der Waals surface area contributed by atoms with Gasteiger partial charge in [0.25, 0.3) is 0 Å². The van der Waals surface area contributed by atoms with Crippen LogP contribution in [-0.4, -0.2) is 94.4 Å². The van der Waals surface area contributed by atoms with E-state index in [1.807, 2.05) is 0 Å². The number of likely N-dealkylation sites (N-methyl/N-ethyl adjacent to an activating group) is 1. The molecule has 0 unspecified atom stereocenters. The first kappa shape index (κ1) is 18.5. The molecule has 138 valence electrons. The Morgan fingerprint density at radius 2 is 1.60 bits per heavy atom. The summed E-state index contributed by atoms with van der Waals surface area (Å²) in [5, 5.41) is 0. The van der Waals surface area contributed by atoms with Gasteiger partial charge in [0.15, 0.2) is 5.78 Å². The summed E-state index contributed by atoms with van der Waals surface area (Å²) in [5.41, 5.74) is 0.555. The SMILES string of the molecule is CN1CCN(CC(=O)c2ccc(S(=O)(=O)N3CCOCC3)cc2)CC1. The van der Waals surface area contributed by atoms with Gasteiger partial charge in [-0.05, 0) is 19.2 Å². The van der Waals surface area contributed by atoms with Crippen molar-refractivity contribution in [2.75, 3.05) is 66.1 Å². The van der Waals surface area contributed by atoms with Gasteiger partial charge < -0.3 is 9.64 Å². The predicted molar refractivity (Wildman–Crippen MR) is 94.3 cm³/mol. The molecule has 0 bridgehead atoms. The van der Waals surface area contributed by atoms with E-state index in [1.165, 1.54) is 16.4 Å². The van der Waals surface area contributed by atoms with Crippen molar-refractivity contribution in [1.82, 2.24) is 14.1 Å². The van der Waals surface area contributed by atoms with E-state index in [1.54, 1.807) is 12.1 Å². The van der Waals surface area contributed by atoms with E-state index in [0.717, 1.165) is 26.2 Å². The summed E-state index contributed by atoms with van der Waals surface area (Å²) in [6.07, 6.45) is 0. The highest BCUT2D eigenvalue weighted by atomic mass is 32.2. The van der Waals surface area contributed by atoms with Crippen molar-refractivity contribution >= 4 is 15.8 Å². The number of carbonyl (C=O) groups is 1. The highest BCUT2D eigenvalue weighted by Gasteiger charge is 2.26. The summed E-state index contributed by atoms with van der Waals surface area (Å²) in [7, 11) is -1.44. The molecule has 0 aliphatic carbocycles. The number of rotatable bonds is 5. The number of ether oxygens (including phenoxy) is 1. The van der Waals surface area contributed by atoms with Crippen LogP contribution in [0.25, 0.3) is 0 Å². The molecule has 0 amide bonds. The van der Waals surface area contributed by atoms with Crippen LogP contribution >= 0.6 is 0 Å². The van der Waals surface area contributed by atoms with Crippen LogP contribution in [0.4, 0.5) is 0 Å². The number of morpholine rings is 1. The lowest BCUT2D eigenvalue weighted by Gasteiger charge is -2.31. The maximum atomic E-state index is 12.6. The van der Waals surface area contributed by atoms with Crippen molar-refractivity contribution < 1.29 is 17.9 Å². The van der Waals surface area contributed by atoms with E-state index in [4.69, 9.17) is 4.74 Å². The third-order valence-corrected chi connectivity index (χ3v) is 6.66. The molecule has 0 spiro atoms. The molecule has 2 saturated heterocycles. The van der Waals surface area contributed by atoms with E-state index in [0.29, 0.717) is 38.4 Å². The zero-order valence-electron chi connectivity index (χ0n) is 14.6. The Morgan fingerprint density at radius 1 is 1.00 bits per heavy atom. The molecule has 0 atom stereocenters. The van der Waals surface area contributed by atoms with Gasteiger partial charge >= 0.3 is 0 Å². The molecule has 0 radical (unpaired) electrons. The molecule has 1 aromatic carbocycles. The average molecular weight is 367 g/mol. The highest BCUT2D eigenvalue weighted by Crippen LogP contribution is 2.18. The summed E-state index contributed by atoms with van der Waals surface area (Å²) >= 11 is 0. The van der Waals surface area contributed by atoms with E-state index in [9.17, 15) is 13.2 Å². The molecule has 3 rings (SSSR count). The van der Waals surface area contributed by atoms with E-state index in [-0.39, 0.29) is 10.7 Å². The van der Waals surface area contributed by atoms with Crippen LogP contribution in [-0.2, 0) is 14.8 Å². The van der Waals surface area contributed by atoms with Crippen LogP contribution in [0.3, 0.4) is 0 Å². The number of ketones is 1. The molecular weight excluding hydrogens is 342 g/mol. The second-order valence-corrected chi connectivity index (χ2v) is 8.48. The number of benzene rings is 1. The van der Waals surface area contributed by atoms with Crippen molar-refractivity contribution in [2.45, 2.75) is 4.90 Å². The summed E-state index contributed by atoms with van der Waals surface area (Å²) in [6, 6.07) is 6.29. The molecule has 7 nitrogen and oxygen atoms in total. The quantitative estimate of drug-likeness (QED) is 0.690. The molecule has 8 heteroatoms. The fraction of sp³-hybridized carbons (Fsp3) is 0.588. The highest BCUT2D eigenvalue weighted by molar-refractivity contribution is 7.89. The van der Waals surface area contributed by atoms with Gasteiger partial charge in [-0.25, -0.2) is 8.42 Å². The van der Waals surface area contributed by atoms with Gasteiger partial charge in [0, 0.05) is 44.8 Å². The second-order valence-electron chi connectivity index (χ2n) is 6.54. The Bertz CT molecular complexity index is 691. The van der Waals surface area contributed by atoms with Gasteiger partial charge in [0.2, 0.25) is 10.0 Å². The van der Waals surface area contributed by atoms with Crippen molar-refractivity contribution in [3.05, 3.63) is 29.8 Å². The number of carbonyl (C=O) groups excluding carboxylic acids is 1. The maximum absolute atomic E-state index is 12.6. The van der Waals surface area contributed by atoms with Crippen molar-refractivity contribution in [3.8, 4) is 0 Å². The van der Waals surface area contributed by atoms with Gasteiger partial charge in [0.1, 0.15) is 0 Å². The minimum absolute atomic E-state index is 0.0277. The van der Waals surface area contributed by atoms with Crippen molar-refractivity contribution in [3.63, 3.8) is 0 Å². The topological polar surface area (TPSA) is 70.2 Å². The molecular formula is C17H25N3O4S. The molecule has 2 heterocycles. The zero-order chi connectivity index (χ0) is 17.9. The lowest BCUT2D eigenvalue weighted by molar-refractivity contribution is 0.0730. The minimum Gasteiger partial charge on any atom is -0.379 e. The number of piperazine rings is 1. The lowest BCUT2D eigenvalue weighted by atomic mass is 10.1. The number of sulfonamides is 1. The van der Waals surface area contributed by atoms with Crippen molar-refractivity contribution in [1.29, 1.82) is 0 Å². The third kappa shape index (κ3) is 4.45. The van der Waals surface area contributed by atoms with Gasteiger partial charge in [0.05, 0.1) is 24.7 Å². The maximum Gasteiger partial charge on any atom is 0.243 e. The van der Waals surface area contributed by atoms with E-state index in [2.05, 4.69) is 16.8 Å². The van der Waals surface area contributed by atoms with Crippen LogP contribution < -0.4 is 0 Å². The standard InChI is InChI=1S/C17H25N3O4S/c1-18-6-8-19(9-7-18)14-17(21)15-2-4-16(5-3-15)25(22,23)20-10-12-24-13-11-20/h2-5H,6-14H2,1H3. The Labute approximate surface area is 149 Å². The van der Waals surface area contributed by atoms with Gasteiger partial charge in [-0.3, -0.25) is 9.69 Å². The first-order valence-electron chi connectivity index (χ1n) is 8.59. The molecule has 0 N–H and O–H groups in total. The Hall–Kier alpha value is -1.32. The summed E-state index contributed by atoms with van der Waals surface area (Å²) in [6.45, 7) is 5.63. The smallest absolute Gasteiger partial charge is 0.243 e. The Kier molecular flexibility index (Phi) is 5.85. The zero-order valence-corrected chi connectivity index (χ0v) is 15.4. The molecule has 25 heavy (non-hydrogen) atoms. The van der Waals surface area contributed by atoms with Crippen LogP contribution in [0.1, 0.15) is 10.4 Å². The van der Waals surface area contributed by atoms with Crippen LogP contribution in [0, 0.1) is 0 Å². The minimum atomic E-state index is -3.51. The second kappa shape index (κ2) is 7.92. The fourth-order valence-corrected chi connectivity index (χ4v) is 4.46. The van der Waals surface area contributed by atoms with Crippen LogP contribution in [0.15, 0.2) is 29.2 Å². The number of hydrogen-bond donors (Lipinski definition) is 0. The molecule has 1 aromatic rings. The summed E-state index contributed by atoms with van der Waals surface area (Å²) < 4.78 is 31.8. The predicted octanol–water partition coefficient (Wildman–Crippen LogP) is 0.138. The molecule has 2 fully saturated rings. The first-order chi connectivity index (χ1) is 12.0. The van der Waals surface area contributed by atoms with E-state index < -0.39 is 10.0 Å². The van der Waals surface area contributed by atoms with Gasteiger partial charge in [-0.15, -0.1) is 0 Å². The van der Waals surface area contributed by atoms with Crippen LogP contribution in [0.2, 0.25) is 0 Å². The van der Waals surface area contributed by atoms with E-state index >= 15 is 0 Å². The number of hydrogen-bond acceptors (Lipinski definition) is 6. The number of nitrogens with zero attached hydrogens (tertiary/aromatic N) is 3. The molecule has 2 aliphatic heterocycles. The molecule has 0 saturated carbocycles. The largest absolute Gasteiger partial charge is 0.379 e. The molecule has 2 aliphatic rings. The summed E-state index contributed by atoms with van der Waals surface area (Å²) in [4.78, 5) is 17.0. The monoisotopic (exact) mass is 367 g/mol.